The van der Waals surface area contributed by atoms with Crippen molar-refractivity contribution >= 4 is 55.0 Å². The maximum Gasteiger partial charge on any atom is 0.411 e. The molecule has 27 heavy (non-hydrogen) atoms. The quantitative estimate of drug-likeness (QED) is 0.444. The fourth-order valence-corrected chi connectivity index (χ4v) is 2.71. The molecule has 0 heterocycles. The molecule has 0 spiro atoms. The molecule has 0 radical (unpaired) electrons. The highest BCUT2D eigenvalue weighted by Crippen LogP contribution is 2.33. The molecule has 2 aromatic carbocycles. The van der Waals surface area contributed by atoms with E-state index in [1.807, 2.05) is 0 Å². The Morgan fingerprint density at radius 2 is 1.67 bits per heavy atom. The molecule has 0 bridgehead atoms. The predicted molar refractivity (Wildman–Crippen MR) is 104 cm³/mol. The van der Waals surface area contributed by atoms with Gasteiger partial charge in [-0.1, -0.05) is 0 Å². The van der Waals surface area contributed by atoms with Crippen LogP contribution in [-0.2, 0) is 4.74 Å². The standard InChI is InChI=1S/C8H7BrN2O4.C7H6BrNO3/c1-15-8(12)10-5-2-3-7(11(13)14)6(9)4-5;1-4-6(10)3-2-5(7(4)8)9(11)12/h2-4H,1H3,(H,10,12);2-3,10H,1H3. The van der Waals surface area contributed by atoms with E-state index in [9.17, 15) is 25.0 Å². The van der Waals surface area contributed by atoms with Crippen LogP contribution < -0.4 is 5.32 Å². The molecule has 0 saturated heterocycles. The number of nitrogens with zero attached hydrogens (tertiary/aromatic N) is 2. The Morgan fingerprint density at radius 3 is 2.15 bits per heavy atom. The average molecular weight is 507 g/mol. The molecule has 0 aliphatic heterocycles. The second kappa shape index (κ2) is 9.83. The van der Waals surface area contributed by atoms with Crippen LogP contribution >= 0.6 is 31.9 Å². The van der Waals surface area contributed by atoms with Crippen molar-refractivity contribution in [1.82, 2.24) is 0 Å². The Bertz CT molecular complexity index is 890. The van der Waals surface area contributed by atoms with Gasteiger partial charge in [0.1, 0.15) is 10.2 Å². The Kier molecular flexibility index (Phi) is 8.12. The first-order valence-corrected chi connectivity index (χ1v) is 8.58. The molecule has 0 aliphatic rings. The van der Waals surface area contributed by atoms with Crippen molar-refractivity contribution < 1.29 is 24.5 Å². The first-order chi connectivity index (χ1) is 12.6. The summed E-state index contributed by atoms with van der Waals surface area (Å²) in [7, 11) is 1.23. The van der Waals surface area contributed by atoms with E-state index in [-0.39, 0.29) is 17.1 Å². The molecule has 10 nitrogen and oxygen atoms in total. The minimum absolute atomic E-state index is 0.0368. The lowest BCUT2D eigenvalue weighted by atomic mass is 10.2. The fraction of sp³-hybridized carbons (Fsp3) is 0.133. The number of carbonyl (C=O) groups excluding carboxylic acids is 1. The third kappa shape index (κ3) is 6.18. The van der Waals surface area contributed by atoms with E-state index in [1.54, 1.807) is 6.92 Å². The van der Waals surface area contributed by atoms with Gasteiger partial charge in [0.2, 0.25) is 0 Å². The average Bonchev–Trinajstić information content (AvgIpc) is 2.59. The summed E-state index contributed by atoms with van der Waals surface area (Å²) in [5.74, 6) is 0.0486. The number of carbonyl (C=O) groups is 1. The number of halogens is 2. The zero-order chi connectivity index (χ0) is 20.7. The van der Waals surface area contributed by atoms with Gasteiger partial charge >= 0.3 is 6.09 Å². The van der Waals surface area contributed by atoms with Crippen LogP contribution in [0.1, 0.15) is 5.56 Å². The van der Waals surface area contributed by atoms with Crippen molar-refractivity contribution in [3.63, 3.8) is 0 Å². The number of anilines is 1. The highest BCUT2D eigenvalue weighted by Gasteiger charge is 2.15. The number of rotatable bonds is 3. The molecule has 0 atom stereocenters. The predicted octanol–water partition coefficient (Wildman–Crippen LogP) is 4.91. The summed E-state index contributed by atoms with van der Waals surface area (Å²) in [5.41, 5.74) is 0.791. The van der Waals surface area contributed by atoms with Gasteiger partial charge in [-0.15, -0.1) is 0 Å². The molecule has 144 valence electrons. The number of methoxy groups -OCH3 is 1. The summed E-state index contributed by atoms with van der Waals surface area (Å²) in [6.07, 6.45) is -0.629. The van der Waals surface area contributed by atoms with Crippen LogP contribution in [0.15, 0.2) is 39.3 Å². The van der Waals surface area contributed by atoms with Crippen LogP contribution in [0.2, 0.25) is 0 Å². The van der Waals surface area contributed by atoms with E-state index in [2.05, 4.69) is 41.9 Å². The fourth-order valence-electron chi connectivity index (χ4n) is 1.70. The second-order valence-corrected chi connectivity index (χ2v) is 6.49. The monoisotopic (exact) mass is 505 g/mol. The van der Waals surface area contributed by atoms with Crippen LogP contribution in [-0.4, -0.2) is 28.2 Å². The molecule has 2 aromatic rings. The first kappa shape index (κ1) is 22.3. The van der Waals surface area contributed by atoms with Gasteiger partial charge < -0.3 is 9.84 Å². The van der Waals surface area contributed by atoms with E-state index in [4.69, 9.17) is 5.11 Å². The summed E-state index contributed by atoms with van der Waals surface area (Å²) in [6, 6.07) is 6.69. The van der Waals surface area contributed by atoms with Crippen molar-refractivity contribution in [2.75, 3.05) is 12.4 Å². The van der Waals surface area contributed by atoms with E-state index >= 15 is 0 Å². The topological polar surface area (TPSA) is 145 Å². The number of phenols is 1. The van der Waals surface area contributed by atoms with Gasteiger partial charge in [0.15, 0.2) is 0 Å². The minimum atomic E-state index is -0.629. The lowest BCUT2D eigenvalue weighted by molar-refractivity contribution is -0.385. The van der Waals surface area contributed by atoms with Gasteiger partial charge in [0, 0.05) is 23.4 Å². The van der Waals surface area contributed by atoms with Crippen LogP contribution in [0.3, 0.4) is 0 Å². The number of phenolic OH excluding ortho intramolecular Hbond substituents is 1. The maximum absolute atomic E-state index is 10.8. The summed E-state index contributed by atoms with van der Waals surface area (Å²) in [4.78, 5) is 30.7. The molecule has 1 amide bonds. The first-order valence-electron chi connectivity index (χ1n) is 6.99. The third-order valence-corrected chi connectivity index (χ3v) is 4.75. The number of nitro groups is 2. The van der Waals surface area contributed by atoms with Gasteiger partial charge in [0.05, 0.1) is 21.4 Å². The van der Waals surface area contributed by atoms with E-state index < -0.39 is 15.9 Å². The number of hydrogen-bond acceptors (Lipinski definition) is 7. The van der Waals surface area contributed by atoms with Crippen molar-refractivity contribution in [3.8, 4) is 5.75 Å². The number of nitro benzene ring substituents is 2. The number of hydrogen-bond donors (Lipinski definition) is 2. The van der Waals surface area contributed by atoms with E-state index in [0.29, 0.717) is 20.2 Å². The Hall–Kier alpha value is -2.73. The molecule has 0 saturated carbocycles. The molecule has 0 unspecified atom stereocenters. The normalized spacial score (nSPS) is 9.63. The van der Waals surface area contributed by atoms with Gasteiger partial charge in [-0.05, 0) is 57.0 Å². The molecule has 2 N–H and O–H groups in total. The van der Waals surface area contributed by atoms with E-state index in [1.165, 1.54) is 37.4 Å². The van der Waals surface area contributed by atoms with Crippen LogP contribution in [0.4, 0.5) is 21.9 Å². The molecule has 12 heteroatoms. The number of benzene rings is 2. The summed E-state index contributed by atoms with van der Waals surface area (Å²) < 4.78 is 4.99. The summed E-state index contributed by atoms with van der Waals surface area (Å²) in [5, 5.41) is 32.4. The Labute approximate surface area is 169 Å². The number of ether oxygens (including phenoxy) is 1. The summed E-state index contributed by atoms with van der Waals surface area (Å²) >= 11 is 6.06. The maximum atomic E-state index is 10.8. The third-order valence-electron chi connectivity index (χ3n) is 3.11. The molecular weight excluding hydrogens is 494 g/mol. The zero-order valence-electron chi connectivity index (χ0n) is 13.9. The Morgan fingerprint density at radius 1 is 1.11 bits per heavy atom. The van der Waals surface area contributed by atoms with Crippen molar-refractivity contribution in [3.05, 3.63) is 65.1 Å². The van der Waals surface area contributed by atoms with Crippen LogP contribution in [0.5, 0.6) is 5.75 Å². The van der Waals surface area contributed by atoms with Gasteiger partial charge in [-0.25, -0.2) is 4.79 Å². The SMILES string of the molecule is COC(=O)Nc1ccc([N+](=O)[O-])c(Br)c1.Cc1c(O)ccc([N+](=O)[O-])c1Br. The Balaban J connectivity index is 0.000000277. The highest BCUT2D eigenvalue weighted by molar-refractivity contribution is 9.11. The minimum Gasteiger partial charge on any atom is -0.508 e. The lowest BCUT2D eigenvalue weighted by Crippen LogP contribution is -2.10. The number of amides is 1. The molecule has 2 rings (SSSR count). The largest absolute Gasteiger partial charge is 0.508 e. The van der Waals surface area contributed by atoms with Crippen LogP contribution in [0, 0.1) is 27.2 Å². The van der Waals surface area contributed by atoms with Crippen molar-refractivity contribution in [2.24, 2.45) is 0 Å². The zero-order valence-corrected chi connectivity index (χ0v) is 17.1. The van der Waals surface area contributed by atoms with Gasteiger partial charge in [-0.2, -0.15) is 0 Å². The van der Waals surface area contributed by atoms with Gasteiger partial charge in [-0.3, -0.25) is 25.5 Å². The van der Waals surface area contributed by atoms with Crippen molar-refractivity contribution in [2.45, 2.75) is 6.92 Å². The molecule has 0 aromatic heterocycles. The lowest BCUT2D eigenvalue weighted by Gasteiger charge is -2.03. The molecule has 0 fully saturated rings. The summed E-state index contributed by atoms with van der Waals surface area (Å²) in [6.45, 7) is 1.60. The molecular formula is C15H13Br2N3O7. The smallest absolute Gasteiger partial charge is 0.411 e. The van der Waals surface area contributed by atoms with Gasteiger partial charge in [0.25, 0.3) is 11.4 Å². The second-order valence-electron chi connectivity index (χ2n) is 4.84. The van der Waals surface area contributed by atoms with E-state index in [0.717, 1.165) is 0 Å². The number of nitrogens with one attached hydrogen (secondary N) is 1. The number of aromatic hydroxyl groups is 1. The highest BCUT2D eigenvalue weighted by atomic mass is 79.9. The van der Waals surface area contributed by atoms with Crippen LogP contribution in [0.25, 0.3) is 0 Å². The van der Waals surface area contributed by atoms with Crippen molar-refractivity contribution in [1.29, 1.82) is 0 Å². The molecule has 0 aliphatic carbocycles.